The van der Waals surface area contributed by atoms with Crippen LogP contribution >= 0.6 is 22.7 Å². The van der Waals surface area contributed by atoms with Gasteiger partial charge in [-0.05, 0) is 52.0 Å². The molecule has 2 atom stereocenters. The van der Waals surface area contributed by atoms with Gasteiger partial charge >= 0.3 is 5.95 Å². The maximum Gasteiger partial charge on any atom is 0.514 e. The molecule has 3 aromatic rings. The molecule has 27 heavy (non-hydrogen) atoms. The van der Waals surface area contributed by atoms with E-state index >= 15 is 0 Å². The van der Waals surface area contributed by atoms with Gasteiger partial charge in [0.05, 0.1) is 10.2 Å². The van der Waals surface area contributed by atoms with Gasteiger partial charge in [0.25, 0.3) is 0 Å². The van der Waals surface area contributed by atoms with Crippen molar-refractivity contribution in [3.8, 4) is 0 Å². The SMILES string of the molecule is O=C1C=C(C=Cc2cccs2)C[C@@H](c2cccs2)[C@@H]1n1nnc([N+](=O)[O-])n1. The highest BCUT2D eigenvalue weighted by molar-refractivity contribution is 7.10. The van der Waals surface area contributed by atoms with Gasteiger partial charge in [-0.1, -0.05) is 23.0 Å². The van der Waals surface area contributed by atoms with Crippen molar-refractivity contribution >= 4 is 40.5 Å². The van der Waals surface area contributed by atoms with E-state index in [0.29, 0.717) is 6.42 Å². The Bertz CT molecular complexity index is 1020. The summed E-state index contributed by atoms with van der Waals surface area (Å²) in [5.41, 5.74) is 0.901. The van der Waals surface area contributed by atoms with E-state index in [-0.39, 0.29) is 11.7 Å². The van der Waals surface area contributed by atoms with Crippen LogP contribution in [0.15, 0.2) is 52.8 Å². The summed E-state index contributed by atoms with van der Waals surface area (Å²) in [6.45, 7) is 0. The number of carbonyl (C=O) groups excluding carboxylic acids is 1. The van der Waals surface area contributed by atoms with Gasteiger partial charge < -0.3 is 10.1 Å². The third kappa shape index (κ3) is 3.62. The van der Waals surface area contributed by atoms with Crippen molar-refractivity contribution in [2.24, 2.45) is 0 Å². The average molecular weight is 399 g/mol. The molecule has 0 bridgehead atoms. The minimum atomic E-state index is -0.747. The van der Waals surface area contributed by atoms with Crippen LogP contribution in [0, 0.1) is 10.1 Å². The topological polar surface area (TPSA) is 104 Å². The number of tetrazole rings is 1. The van der Waals surface area contributed by atoms with Crippen LogP contribution in [0.25, 0.3) is 6.08 Å². The molecule has 1 aliphatic rings. The molecule has 1 aliphatic carbocycles. The molecule has 0 amide bonds. The molecule has 0 spiro atoms. The number of allylic oxidation sites excluding steroid dienone is 3. The summed E-state index contributed by atoms with van der Waals surface area (Å²) >= 11 is 3.16. The lowest BCUT2D eigenvalue weighted by molar-refractivity contribution is -0.394. The zero-order valence-corrected chi connectivity index (χ0v) is 15.5. The van der Waals surface area contributed by atoms with Crippen molar-refractivity contribution in [1.29, 1.82) is 0 Å². The summed E-state index contributed by atoms with van der Waals surface area (Å²) in [6.07, 6.45) is 6.09. The Morgan fingerprint density at radius 3 is 2.70 bits per heavy atom. The number of ketones is 1. The van der Waals surface area contributed by atoms with Gasteiger partial charge in [0.2, 0.25) is 0 Å². The standard InChI is InChI=1S/C17H13N5O3S2/c23-14-10-11(5-6-12-3-1-7-26-12)9-13(15-4-2-8-27-15)16(14)21-19-17(18-20-21)22(24)25/h1-8,10,13,16H,9H2/t13-,16-/m0/s1. The van der Waals surface area contributed by atoms with Crippen LogP contribution in [0.3, 0.4) is 0 Å². The molecule has 136 valence electrons. The molecule has 0 aromatic carbocycles. The minimum Gasteiger partial charge on any atom is -0.390 e. The first-order valence-corrected chi connectivity index (χ1v) is 9.81. The summed E-state index contributed by atoms with van der Waals surface area (Å²) in [5, 5.41) is 25.8. The van der Waals surface area contributed by atoms with Crippen LogP contribution in [-0.2, 0) is 4.79 Å². The zero-order valence-electron chi connectivity index (χ0n) is 13.8. The molecule has 3 heterocycles. The summed E-state index contributed by atoms with van der Waals surface area (Å²) < 4.78 is 0. The minimum absolute atomic E-state index is 0.197. The molecule has 0 unspecified atom stereocenters. The third-order valence-corrected chi connectivity index (χ3v) is 6.04. The molecule has 10 heteroatoms. The van der Waals surface area contributed by atoms with E-state index < -0.39 is 16.9 Å². The first-order valence-electron chi connectivity index (χ1n) is 8.05. The molecule has 0 radical (unpaired) electrons. The summed E-state index contributed by atoms with van der Waals surface area (Å²) in [4.78, 5) is 26.2. The third-order valence-electron chi connectivity index (χ3n) is 4.20. The van der Waals surface area contributed by atoms with Gasteiger partial charge in [0.1, 0.15) is 0 Å². The van der Waals surface area contributed by atoms with Gasteiger partial charge in [-0.2, -0.15) is 0 Å². The average Bonchev–Trinajstić information content (AvgIpc) is 3.41. The van der Waals surface area contributed by atoms with Crippen LogP contribution < -0.4 is 0 Å². The Hall–Kier alpha value is -2.98. The van der Waals surface area contributed by atoms with E-state index in [9.17, 15) is 14.9 Å². The van der Waals surface area contributed by atoms with Crippen molar-refractivity contribution in [3.05, 3.63) is 72.6 Å². The van der Waals surface area contributed by atoms with Gasteiger partial charge in [-0.15, -0.1) is 22.7 Å². The maximum atomic E-state index is 12.8. The highest BCUT2D eigenvalue weighted by Gasteiger charge is 2.39. The second-order valence-corrected chi connectivity index (χ2v) is 7.87. The zero-order chi connectivity index (χ0) is 18.8. The Balaban J connectivity index is 1.68. The number of nitro groups is 1. The van der Waals surface area contributed by atoms with Crippen molar-refractivity contribution in [2.75, 3.05) is 0 Å². The number of hydrogen-bond donors (Lipinski definition) is 0. The molecule has 8 nitrogen and oxygen atoms in total. The van der Waals surface area contributed by atoms with Crippen LogP contribution in [0.5, 0.6) is 0 Å². The van der Waals surface area contributed by atoms with Crippen LogP contribution in [0.4, 0.5) is 5.95 Å². The summed E-state index contributed by atoms with van der Waals surface area (Å²) in [5.74, 6) is -1.02. The maximum absolute atomic E-state index is 12.8. The van der Waals surface area contributed by atoms with E-state index in [1.807, 2.05) is 47.2 Å². The molecular weight excluding hydrogens is 386 g/mol. The Labute approximate surface area is 161 Å². The van der Waals surface area contributed by atoms with Gasteiger partial charge in [-0.3, -0.25) is 4.79 Å². The fraction of sp³-hybridized carbons (Fsp3) is 0.176. The second kappa shape index (κ2) is 7.33. The molecule has 4 rings (SSSR count). The molecule has 0 N–H and O–H groups in total. The molecule has 0 saturated heterocycles. The lowest BCUT2D eigenvalue weighted by Crippen LogP contribution is -2.30. The van der Waals surface area contributed by atoms with E-state index in [1.165, 1.54) is 11.3 Å². The fourth-order valence-corrected chi connectivity index (χ4v) is 4.50. The van der Waals surface area contributed by atoms with Crippen LogP contribution in [-0.4, -0.2) is 30.9 Å². The first kappa shape index (κ1) is 17.4. The number of aromatic nitrogens is 4. The lowest BCUT2D eigenvalue weighted by Gasteiger charge is -2.26. The number of hydrogen-bond acceptors (Lipinski definition) is 8. The van der Waals surface area contributed by atoms with E-state index in [2.05, 4.69) is 15.4 Å². The van der Waals surface area contributed by atoms with Crippen molar-refractivity contribution in [1.82, 2.24) is 20.2 Å². The highest BCUT2D eigenvalue weighted by atomic mass is 32.1. The molecule has 0 fully saturated rings. The Morgan fingerprint density at radius 2 is 2.04 bits per heavy atom. The number of thiophene rings is 2. The molecule has 0 aliphatic heterocycles. The van der Waals surface area contributed by atoms with E-state index in [1.54, 1.807) is 17.4 Å². The monoisotopic (exact) mass is 399 g/mol. The largest absolute Gasteiger partial charge is 0.514 e. The predicted molar refractivity (Wildman–Crippen MR) is 102 cm³/mol. The van der Waals surface area contributed by atoms with Crippen LogP contribution in [0.1, 0.15) is 28.1 Å². The Kier molecular flexibility index (Phi) is 4.73. The highest BCUT2D eigenvalue weighted by Crippen LogP contribution is 2.40. The normalized spacial score (nSPS) is 20.1. The summed E-state index contributed by atoms with van der Waals surface area (Å²) in [7, 11) is 0. The molecule has 3 aromatic heterocycles. The van der Waals surface area contributed by atoms with E-state index in [0.717, 1.165) is 20.1 Å². The van der Waals surface area contributed by atoms with Crippen molar-refractivity contribution in [2.45, 2.75) is 18.4 Å². The number of nitrogens with zero attached hydrogens (tertiary/aromatic N) is 5. The Morgan fingerprint density at radius 1 is 1.22 bits per heavy atom. The first-order chi connectivity index (χ1) is 13.1. The molecular formula is C17H13N5O3S2. The van der Waals surface area contributed by atoms with Gasteiger partial charge in [-0.25, -0.2) is 0 Å². The summed E-state index contributed by atoms with van der Waals surface area (Å²) in [6, 6.07) is 7.09. The number of carbonyl (C=O) groups is 1. The van der Waals surface area contributed by atoms with Gasteiger partial charge in [0.15, 0.2) is 11.8 Å². The smallest absolute Gasteiger partial charge is 0.390 e. The number of rotatable bonds is 5. The van der Waals surface area contributed by atoms with E-state index in [4.69, 9.17) is 0 Å². The second-order valence-electron chi connectivity index (χ2n) is 5.91. The van der Waals surface area contributed by atoms with Crippen molar-refractivity contribution < 1.29 is 9.72 Å². The van der Waals surface area contributed by atoms with Crippen LogP contribution in [0.2, 0.25) is 0 Å². The van der Waals surface area contributed by atoms with Crippen molar-refractivity contribution in [3.63, 3.8) is 0 Å². The van der Waals surface area contributed by atoms with Gasteiger partial charge in [0, 0.05) is 20.9 Å². The fourth-order valence-electron chi connectivity index (χ4n) is 3.02. The lowest BCUT2D eigenvalue weighted by atomic mass is 9.82. The molecule has 0 saturated carbocycles. The predicted octanol–water partition coefficient (Wildman–Crippen LogP) is 3.64. The quantitative estimate of drug-likeness (QED) is 0.479.